The average Bonchev–Trinajstić information content (AvgIpc) is 2.14. The van der Waals surface area contributed by atoms with Gasteiger partial charge < -0.3 is 9.64 Å². The summed E-state index contributed by atoms with van der Waals surface area (Å²) < 4.78 is 6.29. The van der Waals surface area contributed by atoms with E-state index in [1.54, 1.807) is 7.11 Å². The van der Waals surface area contributed by atoms with E-state index in [9.17, 15) is 4.79 Å². The number of halogens is 1. The predicted octanol–water partition coefficient (Wildman–Crippen LogP) is 2.15. The molecule has 0 aliphatic carbocycles. The van der Waals surface area contributed by atoms with Crippen molar-refractivity contribution in [2.45, 2.75) is 6.42 Å². The quantitative estimate of drug-likeness (QED) is 0.782. The molecule has 1 aliphatic rings. The van der Waals surface area contributed by atoms with Crippen molar-refractivity contribution in [3.63, 3.8) is 0 Å². The largest absolute Gasteiger partial charge is 0.496 e. The zero-order valence-corrected chi connectivity index (χ0v) is 10.7. The van der Waals surface area contributed by atoms with E-state index in [-0.39, 0.29) is 5.91 Å². The highest BCUT2D eigenvalue weighted by atomic mass is 127. The summed E-state index contributed by atoms with van der Waals surface area (Å²) in [7, 11) is 1.60. The van der Waals surface area contributed by atoms with Gasteiger partial charge in [-0.25, -0.2) is 0 Å². The van der Waals surface area contributed by atoms with Crippen molar-refractivity contribution in [2.75, 3.05) is 20.2 Å². The number of nitrogens with zero attached hydrogens (tertiary/aromatic N) is 1. The molecule has 1 aliphatic heterocycles. The molecule has 0 unspecified atom stereocenters. The molecule has 80 valence electrons. The lowest BCUT2D eigenvalue weighted by molar-refractivity contribution is 0.0648. The summed E-state index contributed by atoms with van der Waals surface area (Å²) in [4.78, 5) is 13.8. The number of carbonyl (C=O) groups is 1. The second-order valence-electron chi connectivity index (χ2n) is 3.49. The van der Waals surface area contributed by atoms with Crippen LogP contribution in [0, 0.1) is 3.57 Å². The summed E-state index contributed by atoms with van der Waals surface area (Å²) in [6.45, 7) is 1.74. The number of ether oxygens (including phenoxy) is 1. The van der Waals surface area contributed by atoms with E-state index in [1.807, 2.05) is 23.1 Å². The Hall–Kier alpha value is -0.780. The Morgan fingerprint density at radius 2 is 2.20 bits per heavy atom. The second-order valence-corrected chi connectivity index (χ2v) is 4.74. The standard InChI is InChI=1S/C11H12INO2/c1-15-10-7-8(12)3-4-9(10)11(14)13-5-2-6-13/h3-4,7H,2,5-6H2,1H3. The number of methoxy groups -OCH3 is 1. The molecule has 15 heavy (non-hydrogen) atoms. The van der Waals surface area contributed by atoms with Crippen molar-refractivity contribution in [2.24, 2.45) is 0 Å². The van der Waals surface area contributed by atoms with Crippen molar-refractivity contribution < 1.29 is 9.53 Å². The van der Waals surface area contributed by atoms with Gasteiger partial charge in [0.15, 0.2) is 0 Å². The SMILES string of the molecule is COc1cc(I)ccc1C(=O)N1CCC1. The van der Waals surface area contributed by atoms with Gasteiger partial charge in [-0.05, 0) is 47.2 Å². The second kappa shape index (κ2) is 4.38. The van der Waals surface area contributed by atoms with Gasteiger partial charge in [-0.2, -0.15) is 0 Å². The third-order valence-corrected chi connectivity index (χ3v) is 3.21. The first-order valence-electron chi connectivity index (χ1n) is 4.85. The molecule has 0 aromatic heterocycles. The van der Waals surface area contributed by atoms with Crippen LogP contribution in [0.1, 0.15) is 16.8 Å². The van der Waals surface area contributed by atoms with Gasteiger partial charge in [-0.15, -0.1) is 0 Å². The van der Waals surface area contributed by atoms with Crippen LogP contribution in [-0.2, 0) is 0 Å². The Morgan fingerprint density at radius 1 is 1.47 bits per heavy atom. The van der Waals surface area contributed by atoms with Crippen LogP contribution in [-0.4, -0.2) is 31.0 Å². The van der Waals surface area contributed by atoms with Gasteiger partial charge in [0.05, 0.1) is 12.7 Å². The van der Waals surface area contributed by atoms with Crippen LogP contribution in [0.15, 0.2) is 18.2 Å². The highest BCUT2D eigenvalue weighted by molar-refractivity contribution is 14.1. The smallest absolute Gasteiger partial charge is 0.257 e. The van der Waals surface area contributed by atoms with Crippen LogP contribution < -0.4 is 4.74 Å². The van der Waals surface area contributed by atoms with E-state index >= 15 is 0 Å². The number of rotatable bonds is 2. The van der Waals surface area contributed by atoms with E-state index < -0.39 is 0 Å². The minimum absolute atomic E-state index is 0.0782. The summed E-state index contributed by atoms with van der Waals surface area (Å²) >= 11 is 2.20. The van der Waals surface area contributed by atoms with E-state index in [1.165, 1.54) is 0 Å². The molecule has 0 N–H and O–H groups in total. The van der Waals surface area contributed by atoms with E-state index in [2.05, 4.69) is 22.6 Å². The Labute approximate surface area is 103 Å². The Kier molecular flexibility index (Phi) is 3.14. The molecule has 0 bridgehead atoms. The van der Waals surface area contributed by atoms with Gasteiger partial charge in [0.25, 0.3) is 5.91 Å². The zero-order valence-electron chi connectivity index (χ0n) is 8.50. The predicted molar refractivity (Wildman–Crippen MR) is 66.2 cm³/mol. The lowest BCUT2D eigenvalue weighted by Crippen LogP contribution is -2.42. The van der Waals surface area contributed by atoms with Crippen molar-refractivity contribution >= 4 is 28.5 Å². The van der Waals surface area contributed by atoms with Crippen molar-refractivity contribution in [3.05, 3.63) is 27.3 Å². The summed E-state index contributed by atoms with van der Waals surface area (Å²) in [5.74, 6) is 0.744. The van der Waals surface area contributed by atoms with Crippen molar-refractivity contribution in [1.29, 1.82) is 0 Å². The van der Waals surface area contributed by atoms with Gasteiger partial charge in [0.2, 0.25) is 0 Å². The lowest BCUT2D eigenvalue weighted by atomic mass is 10.1. The number of carbonyl (C=O) groups excluding carboxylic acids is 1. The van der Waals surface area contributed by atoms with E-state index in [4.69, 9.17) is 4.74 Å². The molecule has 2 rings (SSSR count). The van der Waals surface area contributed by atoms with Crippen LogP contribution >= 0.6 is 22.6 Å². The first-order valence-corrected chi connectivity index (χ1v) is 5.93. The first-order chi connectivity index (χ1) is 7.22. The Morgan fingerprint density at radius 3 is 2.73 bits per heavy atom. The molecular formula is C11H12INO2. The fraction of sp³-hybridized carbons (Fsp3) is 0.364. The number of hydrogen-bond acceptors (Lipinski definition) is 2. The van der Waals surface area contributed by atoms with Gasteiger partial charge in [0, 0.05) is 16.7 Å². The normalized spacial score (nSPS) is 14.7. The van der Waals surface area contributed by atoms with Crippen LogP contribution in [0.4, 0.5) is 0 Å². The Balaban J connectivity index is 2.29. The molecular weight excluding hydrogens is 305 g/mol. The first kappa shape index (κ1) is 10.7. The van der Waals surface area contributed by atoms with Crippen LogP contribution in [0.5, 0.6) is 5.75 Å². The molecule has 4 heteroatoms. The van der Waals surface area contributed by atoms with Gasteiger partial charge in [-0.1, -0.05) is 0 Å². The molecule has 0 saturated carbocycles. The molecule has 1 aromatic carbocycles. The topological polar surface area (TPSA) is 29.5 Å². The summed E-state index contributed by atoms with van der Waals surface area (Å²) in [5.41, 5.74) is 0.664. The summed E-state index contributed by atoms with van der Waals surface area (Å²) in [5, 5.41) is 0. The maximum atomic E-state index is 12.0. The van der Waals surface area contributed by atoms with Crippen molar-refractivity contribution in [1.82, 2.24) is 4.90 Å². The molecule has 0 spiro atoms. The lowest BCUT2D eigenvalue weighted by Gasteiger charge is -2.31. The molecule has 0 atom stereocenters. The molecule has 0 radical (unpaired) electrons. The fourth-order valence-corrected chi connectivity index (χ4v) is 1.99. The van der Waals surface area contributed by atoms with Gasteiger partial charge in [-0.3, -0.25) is 4.79 Å². The number of likely N-dealkylation sites (tertiary alicyclic amines) is 1. The van der Waals surface area contributed by atoms with E-state index in [0.29, 0.717) is 11.3 Å². The highest BCUT2D eigenvalue weighted by Gasteiger charge is 2.23. The maximum Gasteiger partial charge on any atom is 0.257 e. The highest BCUT2D eigenvalue weighted by Crippen LogP contribution is 2.24. The molecule has 3 nitrogen and oxygen atoms in total. The molecule has 1 fully saturated rings. The minimum atomic E-state index is 0.0782. The third kappa shape index (κ3) is 2.09. The third-order valence-electron chi connectivity index (χ3n) is 2.54. The Bertz CT molecular complexity index is 388. The van der Waals surface area contributed by atoms with Crippen LogP contribution in [0.25, 0.3) is 0 Å². The number of benzene rings is 1. The molecule has 1 heterocycles. The fourth-order valence-electron chi connectivity index (χ4n) is 1.53. The van der Waals surface area contributed by atoms with Crippen molar-refractivity contribution in [3.8, 4) is 5.75 Å². The number of amides is 1. The average molecular weight is 317 g/mol. The minimum Gasteiger partial charge on any atom is -0.496 e. The zero-order chi connectivity index (χ0) is 10.8. The maximum absolute atomic E-state index is 12.0. The van der Waals surface area contributed by atoms with E-state index in [0.717, 1.165) is 23.1 Å². The monoisotopic (exact) mass is 317 g/mol. The summed E-state index contributed by atoms with van der Waals surface area (Å²) in [6.07, 6.45) is 1.11. The van der Waals surface area contributed by atoms with Gasteiger partial charge in [0.1, 0.15) is 5.75 Å². The number of hydrogen-bond donors (Lipinski definition) is 0. The molecule has 1 saturated heterocycles. The summed E-state index contributed by atoms with van der Waals surface area (Å²) in [6, 6.07) is 5.64. The van der Waals surface area contributed by atoms with Crippen LogP contribution in [0.2, 0.25) is 0 Å². The van der Waals surface area contributed by atoms with Gasteiger partial charge >= 0.3 is 0 Å². The van der Waals surface area contributed by atoms with Crippen LogP contribution in [0.3, 0.4) is 0 Å². The molecule has 1 amide bonds. The molecule has 1 aromatic rings.